The number of methoxy groups -OCH3 is 1. The summed E-state index contributed by atoms with van der Waals surface area (Å²) >= 11 is 1.71. The van der Waals surface area contributed by atoms with Crippen LogP contribution in [-0.2, 0) is 6.42 Å². The predicted octanol–water partition coefficient (Wildman–Crippen LogP) is 3.88. The van der Waals surface area contributed by atoms with Crippen LogP contribution in [0.5, 0.6) is 5.75 Å². The summed E-state index contributed by atoms with van der Waals surface area (Å²) in [5.41, 5.74) is 2.83. The first-order valence-corrected chi connectivity index (χ1v) is 7.98. The maximum absolute atomic E-state index is 5.33. The highest BCUT2D eigenvalue weighted by atomic mass is 32.1. The molecule has 4 heteroatoms. The van der Waals surface area contributed by atoms with Crippen molar-refractivity contribution in [1.82, 2.24) is 10.3 Å². The molecule has 2 atom stereocenters. The topological polar surface area (TPSA) is 34.1 Å². The van der Waals surface area contributed by atoms with Gasteiger partial charge in [0.05, 0.1) is 13.2 Å². The van der Waals surface area contributed by atoms with E-state index in [4.69, 9.17) is 4.74 Å². The zero-order valence-electron chi connectivity index (χ0n) is 11.9. The molecule has 3 nitrogen and oxygen atoms in total. The van der Waals surface area contributed by atoms with E-state index in [0.717, 1.165) is 17.2 Å². The second-order valence-corrected chi connectivity index (χ2v) is 6.19. The first-order valence-electron chi connectivity index (χ1n) is 7.10. The Labute approximate surface area is 124 Å². The molecule has 3 rings (SSSR count). The Balaban J connectivity index is 1.79. The molecule has 1 N–H and O–H groups in total. The molecular weight excluding hydrogens is 268 g/mol. The minimum atomic E-state index is 0.299. The summed E-state index contributed by atoms with van der Waals surface area (Å²) in [6.07, 6.45) is 5.44. The normalized spacial score (nSPS) is 19.4. The smallest absolute Gasteiger partial charge is 0.119 e. The number of nitrogens with zero attached hydrogens (tertiary/aromatic N) is 1. The molecule has 0 bridgehead atoms. The zero-order chi connectivity index (χ0) is 13.9. The summed E-state index contributed by atoms with van der Waals surface area (Å²) in [6, 6.07) is 7.17. The molecule has 0 radical (unpaired) electrons. The van der Waals surface area contributed by atoms with Gasteiger partial charge in [-0.2, -0.15) is 0 Å². The molecule has 1 heterocycles. The Hall–Kier alpha value is -1.39. The van der Waals surface area contributed by atoms with E-state index >= 15 is 0 Å². The van der Waals surface area contributed by atoms with Crippen LogP contribution in [0, 0.1) is 0 Å². The van der Waals surface area contributed by atoms with Crippen molar-refractivity contribution in [3.8, 4) is 5.75 Å². The molecule has 0 spiro atoms. The van der Waals surface area contributed by atoms with Crippen LogP contribution >= 0.6 is 11.3 Å². The number of nitrogens with one attached hydrogen (secondary N) is 1. The van der Waals surface area contributed by atoms with Gasteiger partial charge in [0.25, 0.3) is 0 Å². The molecule has 1 aromatic heterocycles. The number of aryl methyl sites for hydroxylation is 1. The zero-order valence-corrected chi connectivity index (χ0v) is 12.7. The molecule has 2 unspecified atom stereocenters. The number of aromatic nitrogens is 1. The fourth-order valence-corrected chi connectivity index (χ4v) is 3.57. The lowest BCUT2D eigenvalue weighted by Gasteiger charge is -2.29. The third-order valence-corrected chi connectivity index (χ3v) is 4.90. The minimum Gasteiger partial charge on any atom is -0.497 e. The van der Waals surface area contributed by atoms with Gasteiger partial charge < -0.3 is 10.1 Å². The second kappa shape index (κ2) is 5.94. The summed E-state index contributed by atoms with van der Waals surface area (Å²) in [7, 11) is 1.73. The second-order valence-electron chi connectivity index (χ2n) is 5.27. The van der Waals surface area contributed by atoms with E-state index in [0.29, 0.717) is 12.1 Å². The van der Waals surface area contributed by atoms with Gasteiger partial charge >= 0.3 is 0 Å². The Morgan fingerprint density at radius 1 is 1.45 bits per heavy atom. The molecule has 1 aliphatic carbocycles. The van der Waals surface area contributed by atoms with Crippen molar-refractivity contribution in [2.45, 2.75) is 38.3 Å². The largest absolute Gasteiger partial charge is 0.497 e. The van der Waals surface area contributed by atoms with E-state index in [9.17, 15) is 0 Å². The molecule has 20 heavy (non-hydrogen) atoms. The van der Waals surface area contributed by atoms with Crippen molar-refractivity contribution in [2.24, 2.45) is 0 Å². The summed E-state index contributed by atoms with van der Waals surface area (Å²) in [6.45, 7) is 2.19. The van der Waals surface area contributed by atoms with Gasteiger partial charge in [0, 0.05) is 17.6 Å². The standard InChI is InChI=1S/C16H20N2OS/c1-11(16-17-8-9-20-16)18-15-5-3-4-12-10-13(19-2)6-7-14(12)15/h6-11,15,18H,3-5H2,1-2H3. The Bertz CT molecular complexity index is 568. The number of hydrogen-bond acceptors (Lipinski definition) is 4. The maximum atomic E-state index is 5.33. The SMILES string of the molecule is COc1ccc2c(c1)CCCC2NC(C)c1nccs1. The summed E-state index contributed by atoms with van der Waals surface area (Å²) in [5, 5.41) is 6.91. The van der Waals surface area contributed by atoms with Gasteiger partial charge in [-0.15, -0.1) is 11.3 Å². The van der Waals surface area contributed by atoms with E-state index in [2.05, 4.69) is 35.4 Å². The summed E-state index contributed by atoms with van der Waals surface area (Å²) in [5.74, 6) is 0.956. The van der Waals surface area contributed by atoms with Crippen LogP contribution in [0.25, 0.3) is 0 Å². The Morgan fingerprint density at radius 2 is 2.35 bits per heavy atom. The number of thiazole rings is 1. The van der Waals surface area contributed by atoms with Crippen LogP contribution in [0.1, 0.15) is 48.0 Å². The fraction of sp³-hybridized carbons (Fsp3) is 0.438. The van der Waals surface area contributed by atoms with E-state index in [-0.39, 0.29) is 0 Å². The monoisotopic (exact) mass is 288 g/mol. The van der Waals surface area contributed by atoms with Gasteiger partial charge in [-0.25, -0.2) is 4.98 Å². The first kappa shape index (κ1) is 13.6. The third kappa shape index (κ3) is 2.72. The first-order chi connectivity index (χ1) is 9.78. The predicted molar refractivity (Wildman–Crippen MR) is 82.3 cm³/mol. The molecule has 0 aliphatic heterocycles. The van der Waals surface area contributed by atoms with Crippen molar-refractivity contribution >= 4 is 11.3 Å². The molecule has 0 fully saturated rings. The molecule has 106 valence electrons. The van der Waals surface area contributed by atoms with Gasteiger partial charge in [0.1, 0.15) is 10.8 Å². The van der Waals surface area contributed by atoms with E-state index < -0.39 is 0 Å². The third-order valence-electron chi connectivity index (χ3n) is 3.94. The van der Waals surface area contributed by atoms with Crippen molar-refractivity contribution in [3.63, 3.8) is 0 Å². The van der Waals surface area contributed by atoms with Crippen LogP contribution in [0.3, 0.4) is 0 Å². The van der Waals surface area contributed by atoms with Gasteiger partial charge in [-0.3, -0.25) is 0 Å². The van der Waals surface area contributed by atoms with Crippen LogP contribution in [0.4, 0.5) is 0 Å². The average molecular weight is 288 g/mol. The average Bonchev–Trinajstić information content (AvgIpc) is 3.01. The summed E-state index contributed by atoms with van der Waals surface area (Å²) < 4.78 is 5.33. The van der Waals surface area contributed by atoms with Gasteiger partial charge in [0.2, 0.25) is 0 Å². The van der Waals surface area contributed by atoms with E-state index in [1.807, 2.05) is 11.6 Å². The number of rotatable bonds is 4. The van der Waals surface area contributed by atoms with E-state index in [1.54, 1.807) is 18.4 Å². The molecular formula is C16H20N2OS. The number of benzene rings is 1. The maximum Gasteiger partial charge on any atom is 0.119 e. The highest BCUT2D eigenvalue weighted by Crippen LogP contribution is 2.33. The van der Waals surface area contributed by atoms with Crippen molar-refractivity contribution in [3.05, 3.63) is 45.9 Å². The van der Waals surface area contributed by atoms with Crippen LogP contribution in [0.2, 0.25) is 0 Å². The van der Waals surface area contributed by atoms with Gasteiger partial charge in [-0.1, -0.05) is 6.07 Å². The fourth-order valence-electron chi connectivity index (χ4n) is 2.91. The number of fused-ring (bicyclic) bond motifs is 1. The number of hydrogen-bond donors (Lipinski definition) is 1. The van der Waals surface area contributed by atoms with E-state index in [1.165, 1.54) is 24.0 Å². The molecule has 1 aliphatic rings. The van der Waals surface area contributed by atoms with Crippen molar-refractivity contribution in [1.29, 1.82) is 0 Å². The van der Waals surface area contributed by atoms with Crippen LogP contribution < -0.4 is 10.1 Å². The van der Waals surface area contributed by atoms with Gasteiger partial charge in [0.15, 0.2) is 0 Å². The van der Waals surface area contributed by atoms with Crippen LogP contribution in [0.15, 0.2) is 29.8 Å². The Morgan fingerprint density at radius 3 is 3.10 bits per heavy atom. The molecule has 0 saturated carbocycles. The van der Waals surface area contributed by atoms with Crippen molar-refractivity contribution in [2.75, 3.05) is 7.11 Å². The quantitative estimate of drug-likeness (QED) is 0.927. The Kier molecular flexibility index (Phi) is 4.03. The van der Waals surface area contributed by atoms with Gasteiger partial charge in [-0.05, 0) is 49.4 Å². The summed E-state index contributed by atoms with van der Waals surface area (Å²) in [4.78, 5) is 4.40. The van der Waals surface area contributed by atoms with Crippen molar-refractivity contribution < 1.29 is 4.74 Å². The molecule has 2 aromatic rings. The molecule has 1 aromatic carbocycles. The lowest BCUT2D eigenvalue weighted by molar-refractivity contribution is 0.402. The highest BCUT2D eigenvalue weighted by molar-refractivity contribution is 7.09. The molecule has 0 amide bonds. The minimum absolute atomic E-state index is 0.299. The highest BCUT2D eigenvalue weighted by Gasteiger charge is 2.22. The number of ether oxygens (including phenoxy) is 1. The lowest BCUT2D eigenvalue weighted by Crippen LogP contribution is -2.27. The van der Waals surface area contributed by atoms with Crippen LogP contribution in [-0.4, -0.2) is 12.1 Å². The lowest BCUT2D eigenvalue weighted by atomic mass is 9.87. The molecule has 0 saturated heterocycles.